The quantitative estimate of drug-likeness (QED) is 0.575. The summed E-state index contributed by atoms with van der Waals surface area (Å²) in [5.41, 5.74) is 4.97. The standard InChI is InChI=1S/C26H36O2/c1-16-11-17(13-19(22(16)27)24(2,3)4)12-18-14-20(25(5,6)7)23(28)21(15-18)26(8,9)10/h11-15,27H,1-10H3. The molecule has 1 N–H and O–H groups in total. The van der Waals surface area contributed by atoms with E-state index in [2.05, 4.69) is 74.5 Å². The van der Waals surface area contributed by atoms with Gasteiger partial charge in [0.15, 0.2) is 5.78 Å². The van der Waals surface area contributed by atoms with E-state index in [1.54, 1.807) is 0 Å². The molecule has 0 unspecified atom stereocenters. The van der Waals surface area contributed by atoms with Gasteiger partial charge in [0.1, 0.15) is 5.75 Å². The normalized spacial score (nSPS) is 16.1. The predicted octanol–water partition coefficient (Wildman–Crippen LogP) is 6.91. The summed E-state index contributed by atoms with van der Waals surface area (Å²) in [7, 11) is 0. The number of carbonyl (C=O) groups excluding carboxylic acids is 1. The van der Waals surface area contributed by atoms with Gasteiger partial charge in [0.25, 0.3) is 0 Å². The second kappa shape index (κ2) is 7.06. The molecule has 0 heterocycles. The van der Waals surface area contributed by atoms with Crippen molar-refractivity contribution in [3.05, 3.63) is 57.7 Å². The van der Waals surface area contributed by atoms with Crippen molar-refractivity contribution < 1.29 is 9.90 Å². The Hall–Kier alpha value is -2.09. The number of phenols is 1. The first-order valence-corrected chi connectivity index (χ1v) is 10.1. The Balaban J connectivity index is 2.69. The number of hydrogen-bond donors (Lipinski definition) is 1. The fraction of sp³-hybridized carbons (Fsp3) is 0.500. The first-order valence-electron chi connectivity index (χ1n) is 10.1. The van der Waals surface area contributed by atoms with Crippen LogP contribution in [0.15, 0.2) is 41.0 Å². The summed E-state index contributed by atoms with van der Waals surface area (Å²) < 4.78 is 0. The van der Waals surface area contributed by atoms with E-state index in [4.69, 9.17) is 0 Å². The number of ketones is 1. The number of phenolic OH excluding ortho intramolecular Hbond substituents is 1. The van der Waals surface area contributed by atoms with Gasteiger partial charge in [-0.25, -0.2) is 0 Å². The molecule has 2 rings (SSSR count). The van der Waals surface area contributed by atoms with Crippen LogP contribution >= 0.6 is 0 Å². The maximum atomic E-state index is 13.1. The monoisotopic (exact) mass is 380 g/mol. The van der Waals surface area contributed by atoms with Crippen LogP contribution < -0.4 is 0 Å². The van der Waals surface area contributed by atoms with Crippen LogP contribution in [0.1, 0.15) is 79.0 Å². The molecule has 2 heteroatoms. The highest BCUT2D eigenvalue weighted by molar-refractivity contribution is 6.12. The van der Waals surface area contributed by atoms with Crippen molar-refractivity contribution in [1.29, 1.82) is 0 Å². The minimum Gasteiger partial charge on any atom is -0.507 e. The van der Waals surface area contributed by atoms with E-state index < -0.39 is 0 Å². The number of benzene rings is 1. The molecule has 0 saturated carbocycles. The van der Waals surface area contributed by atoms with E-state index in [0.29, 0.717) is 5.75 Å². The summed E-state index contributed by atoms with van der Waals surface area (Å²) in [6.45, 7) is 20.8. The first kappa shape index (κ1) is 22.2. The third kappa shape index (κ3) is 4.66. The summed E-state index contributed by atoms with van der Waals surface area (Å²) in [5.74, 6) is 0.514. The van der Waals surface area contributed by atoms with Crippen LogP contribution in [0.25, 0.3) is 6.08 Å². The second-order valence-electron chi connectivity index (χ2n) is 11.1. The van der Waals surface area contributed by atoms with Crippen LogP contribution in [0.3, 0.4) is 0 Å². The van der Waals surface area contributed by atoms with Gasteiger partial charge in [-0.15, -0.1) is 0 Å². The molecule has 152 valence electrons. The lowest BCUT2D eigenvalue weighted by atomic mass is 9.72. The minimum atomic E-state index is -0.220. The highest BCUT2D eigenvalue weighted by Crippen LogP contribution is 2.40. The van der Waals surface area contributed by atoms with Gasteiger partial charge < -0.3 is 5.11 Å². The van der Waals surface area contributed by atoms with Crippen LogP contribution in [0.4, 0.5) is 0 Å². The molecule has 1 aliphatic carbocycles. The van der Waals surface area contributed by atoms with Gasteiger partial charge in [-0.1, -0.05) is 62.3 Å². The van der Waals surface area contributed by atoms with Crippen LogP contribution in [0.5, 0.6) is 5.75 Å². The Labute approximate surface area is 171 Å². The summed E-state index contributed by atoms with van der Waals surface area (Å²) >= 11 is 0. The molecule has 28 heavy (non-hydrogen) atoms. The molecule has 0 saturated heterocycles. The predicted molar refractivity (Wildman–Crippen MR) is 120 cm³/mol. The van der Waals surface area contributed by atoms with Gasteiger partial charge in [-0.3, -0.25) is 4.79 Å². The maximum Gasteiger partial charge on any atom is 0.186 e. The van der Waals surface area contributed by atoms with Crippen LogP contribution in [0, 0.1) is 17.8 Å². The second-order valence-corrected chi connectivity index (χ2v) is 11.1. The molecule has 0 aromatic heterocycles. The molecule has 0 spiro atoms. The molecule has 0 atom stereocenters. The molecule has 0 aliphatic heterocycles. The zero-order chi connectivity index (χ0) is 21.7. The van der Waals surface area contributed by atoms with E-state index in [1.165, 1.54) is 0 Å². The lowest BCUT2D eigenvalue weighted by Crippen LogP contribution is -2.27. The van der Waals surface area contributed by atoms with E-state index in [0.717, 1.165) is 33.4 Å². The molecule has 0 amide bonds. The zero-order valence-electron chi connectivity index (χ0n) is 19.2. The van der Waals surface area contributed by atoms with Gasteiger partial charge in [0, 0.05) is 16.7 Å². The Morgan fingerprint density at radius 1 is 0.786 bits per heavy atom. The fourth-order valence-electron chi connectivity index (χ4n) is 3.50. The van der Waals surface area contributed by atoms with Gasteiger partial charge in [-0.05, 0) is 70.2 Å². The highest BCUT2D eigenvalue weighted by Gasteiger charge is 2.34. The molecule has 1 aliphatic rings. The smallest absolute Gasteiger partial charge is 0.186 e. The van der Waals surface area contributed by atoms with E-state index >= 15 is 0 Å². The molecular formula is C26H36O2. The fourth-order valence-corrected chi connectivity index (χ4v) is 3.50. The third-order valence-corrected chi connectivity index (χ3v) is 5.19. The van der Waals surface area contributed by atoms with E-state index in [9.17, 15) is 9.90 Å². The molecular weight excluding hydrogens is 344 g/mol. The number of allylic oxidation sites excluding steroid dienone is 5. The molecule has 1 aromatic rings. The maximum absolute atomic E-state index is 13.1. The largest absolute Gasteiger partial charge is 0.507 e. The Kier molecular flexibility index (Phi) is 5.60. The van der Waals surface area contributed by atoms with E-state index in [-0.39, 0.29) is 22.0 Å². The average Bonchev–Trinajstić information content (AvgIpc) is 2.48. The lowest BCUT2D eigenvalue weighted by Gasteiger charge is -2.31. The lowest BCUT2D eigenvalue weighted by molar-refractivity contribution is -0.114. The zero-order valence-corrected chi connectivity index (χ0v) is 19.2. The Morgan fingerprint density at radius 2 is 1.25 bits per heavy atom. The first-order chi connectivity index (χ1) is 12.5. The van der Waals surface area contributed by atoms with Crippen molar-refractivity contribution in [2.75, 3.05) is 0 Å². The van der Waals surface area contributed by atoms with Crippen molar-refractivity contribution in [2.24, 2.45) is 10.8 Å². The van der Waals surface area contributed by atoms with Crippen molar-refractivity contribution in [3.63, 3.8) is 0 Å². The summed E-state index contributed by atoms with van der Waals surface area (Å²) in [6.07, 6.45) is 6.17. The average molecular weight is 381 g/mol. The number of aryl methyl sites for hydroxylation is 1. The molecule has 2 nitrogen and oxygen atoms in total. The Morgan fingerprint density at radius 3 is 1.64 bits per heavy atom. The summed E-state index contributed by atoms with van der Waals surface area (Å²) in [5, 5.41) is 10.5. The topological polar surface area (TPSA) is 37.3 Å². The van der Waals surface area contributed by atoms with Gasteiger partial charge in [-0.2, -0.15) is 0 Å². The summed E-state index contributed by atoms with van der Waals surface area (Å²) in [6, 6.07) is 4.06. The van der Waals surface area contributed by atoms with Crippen molar-refractivity contribution in [2.45, 2.75) is 74.7 Å². The minimum absolute atomic E-state index is 0.148. The van der Waals surface area contributed by atoms with Gasteiger partial charge in [0.05, 0.1) is 0 Å². The third-order valence-electron chi connectivity index (χ3n) is 5.19. The van der Waals surface area contributed by atoms with Crippen molar-refractivity contribution in [1.82, 2.24) is 0 Å². The SMILES string of the molecule is Cc1cc(C=C2C=C(C(C)(C)C)C(=O)C(C(C)(C)C)=C2)cc(C(C)(C)C)c1O. The highest BCUT2D eigenvalue weighted by atomic mass is 16.3. The number of hydrogen-bond acceptors (Lipinski definition) is 2. The number of aromatic hydroxyl groups is 1. The molecule has 0 bridgehead atoms. The van der Waals surface area contributed by atoms with Crippen LogP contribution in [-0.4, -0.2) is 10.9 Å². The Bertz CT molecular complexity index is 850. The number of Topliss-reactive ketones (excluding diaryl/α,β-unsaturated/α-hetero) is 1. The van der Waals surface area contributed by atoms with Crippen LogP contribution in [-0.2, 0) is 10.2 Å². The van der Waals surface area contributed by atoms with Crippen molar-refractivity contribution in [3.8, 4) is 5.75 Å². The van der Waals surface area contributed by atoms with Crippen LogP contribution in [0.2, 0.25) is 0 Å². The van der Waals surface area contributed by atoms with Crippen molar-refractivity contribution >= 4 is 11.9 Å². The molecule has 1 aromatic carbocycles. The van der Waals surface area contributed by atoms with Gasteiger partial charge >= 0.3 is 0 Å². The van der Waals surface area contributed by atoms with E-state index in [1.807, 2.05) is 25.1 Å². The molecule has 0 radical (unpaired) electrons. The number of carbonyl (C=O) groups is 1. The summed E-state index contributed by atoms with van der Waals surface area (Å²) in [4.78, 5) is 13.1. The van der Waals surface area contributed by atoms with Gasteiger partial charge in [0.2, 0.25) is 0 Å². The number of rotatable bonds is 1. The molecule has 0 fully saturated rings.